The lowest BCUT2D eigenvalue weighted by Crippen LogP contribution is -2.15. The molecule has 0 saturated heterocycles. The average molecular weight is 184 g/mol. The number of allylic oxidation sites excluding steroid dienone is 3. The summed E-state index contributed by atoms with van der Waals surface area (Å²) in [5.41, 5.74) is 1.23. The summed E-state index contributed by atoms with van der Waals surface area (Å²) in [5, 5.41) is 0. The first-order chi connectivity index (χ1) is 6.95. The van der Waals surface area contributed by atoms with Gasteiger partial charge in [0, 0.05) is 0 Å². The highest BCUT2D eigenvalue weighted by molar-refractivity contribution is 6.58. The van der Waals surface area contributed by atoms with E-state index < -0.39 is 0 Å². The maximum absolute atomic E-state index is 5.73. The van der Waals surface area contributed by atoms with Crippen LogP contribution < -0.4 is 0 Å². The topological polar surface area (TPSA) is 9.23 Å². The molecule has 2 rings (SSSR count). The van der Waals surface area contributed by atoms with Crippen LogP contribution in [0.4, 0.5) is 0 Å². The predicted octanol–water partition coefficient (Wildman–Crippen LogP) is 2.86. The van der Waals surface area contributed by atoms with E-state index in [0.29, 0.717) is 6.61 Å². The van der Waals surface area contributed by atoms with Crippen LogP contribution in [-0.4, -0.2) is 6.92 Å². The molecule has 0 amide bonds. The van der Waals surface area contributed by atoms with E-state index in [0.717, 1.165) is 6.32 Å². The van der Waals surface area contributed by atoms with Gasteiger partial charge in [-0.05, 0) is 11.9 Å². The van der Waals surface area contributed by atoms with Crippen molar-refractivity contribution in [3.8, 4) is 0 Å². The molecule has 1 aliphatic heterocycles. The van der Waals surface area contributed by atoms with E-state index in [4.69, 9.17) is 4.65 Å². The minimum absolute atomic E-state index is 0.250. The fourth-order valence-electron chi connectivity index (χ4n) is 1.46. The zero-order chi connectivity index (χ0) is 9.64. The van der Waals surface area contributed by atoms with E-state index in [1.807, 2.05) is 24.3 Å². The Bertz CT molecular complexity index is 329. The third-order valence-corrected chi connectivity index (χ3v) is 2.25. The Morgan fingerprint density at radius 1 is 1.14 bits per heavy atom. The summed E-state index contributed by atoms with van der Waals surface area (Å²) in [6, 6.07) is 10.3. The molecule has 2 heteroatoms. The molecule has 1 heterocycles. The third-order valence-electron chi connectivity index (χ3n) is 2.25. The van der Waals surface area contributed by atoms with Gasteiger partial charge in [0.15, 0.2) is 0 Å². The van der Waals surface area contributed by atoms with Crippen molar-refractivity contribution in [1.82, 2.24) is 0 Å². The third kappa shape index (κ3) is 2.61. The molecule has 1 aromatic rings. The largest absolute Gasteiger partial charge is 0.427 e. The van der Waals surface area contributed by atoms with E-state index in [2.05, 4.69) is 30.3 Å². The molecule has 1 aromatic carbocycles. The molecule has 70 valence electrons. The summed E-state index contributed by atoms with van der Waals surface area (Å²) in [7, 11) is 0. The van der Waals surface area contributed by atoms with Crippen LogP contribution in [0.1, 0.15) is 5.56 Å². The van der Waals surface area contributed by atoms with E-state index in [1.165, 1.54) is 5.56 Å². The van der Waals surface area contributed by atoms with E-state index in [9.17, 15) is 0 Å². The summed E-state index contributed by atoms with van der Waals surface area (Å²) in [5.74, 6) is 2.10. The molecule has 0 atom stereocenters. The van der Waals surface area contributed by atoms with Crippen molar-refractivity contribution in [3.05, 3.63) is 60.1 Å². The first-order valence-electron chi connectivity index (χ1n) is 4.94. The highest BCUT2D eigenvalue weighted by Crippen LogP contribution is 2.08. The smallest absolute Gasteiger partial charge is 0.323 e. The molecule has 0 radical (unpaired) electrons. The van der Waals surface area contributed by atoms with Gasteiger partial charge in [0.1, 0.15) is 0 Å². The number of benzene rings is 1. The summed E-state index contributed by atoms with van der Waals surface area (Å²) in [6.07, 6.45) is 7.22. The monoisotopic (exact) mass is 184 g/mol. The highest BCUT2D eigenvalue weighted by Gasteiger charge is 2.11. The fourth-order valence-corrected chi connectivity index (χ4v) is 1.46. The van der Waals surface area contributed by atoms with Gasteiger partial charge >= 0.3 is 6.92 Å². The summed E-state index contributed by atoms with van der Waals surface area (Å²) < 4.78 is 5.73. The van der Waals surface area contributed by atoms with Gasteiger partial charge in [0.05, 0.1) is 6.61 Å². The van der Waals surface area contributed by atoms with Crippen LogP contribution in [0.15, 0.2) is 54.5 Å². The number of hydrogen-bond acceptors (Lipinski definition) is 1. The van der Waals surface area contributed by atoms with Crippen LogP contribution in [0.25, 0.3) is 0 Å². The first kappa shape index (κ1) is 9.29. The van der Waals surface area contributed by atoms with Gasteiger partial charge in [0.25, 0.3) is 0 Å². The zero-order valence-corrected chi connectivity index (χ0v) is 8.10. The average Bonchev–Trinajstić information content (AvgIpc) is 2.29. The first-order valence-corrected chi connectivity index (χ1v) is 4.94. The Morgan fingerprint density at radius 3 is 2.71 bits per heavy atom. The summed E-state index contributed by atoms with van der Waals surface area (Å²) in [4.78, 5) is 0. The van der Waals surface area contributed by atoms with Gasteiger partial charge < -0.3 is 4.65 Å². The van der Waals surface area contributed by atoms with E-state index >= 15 is 0 Å². The van der Waals surface area contributed by atoms with Crippen molar-refractivity contribution in [1.29, 1.82) is 0 Å². The van der Waals surface area contributed by atoms with Crippen LogP contribution >= 0.6 is 0 Å². The SMILES string of the molecule is C1=CCB(OCc2ccccc2)C=C1. The molecule has 0 aliphatic carbocycles. The fraction of sp³-hybridized carbons (Fsp3) is 0.167. The van der Waals surface area contributed by atoms with Gasteiger partial charge in [-0.25, -0.2) is 0 Å². The molecule has 0 saturated carbocycles. The Balaban J connectivity index is 1.83. The van der Waals surface area contributed by atoms with Gasteiger partial charge in [-0.2, -0.15) is 0 Å². The lowest BCUT2D eigenvalue weighted by Gasteiger charge is -2.10. The normalized spacial score (nSPS) is 14.7. The minimum Gasteiger partial charge on any atom is -0.427 e. The Labute approximate surface area is 85.2 Å². The van der Waals surface area contributed by atoms with Crippen molar-refractivity contribution in [3.63, 3.8) is 0 Å². The molecular weight excluding hydrogens is 171 g/mol. The van der Waals surface area contributed by atoms with E-state index in [-0.39, 0.29) is 6.92 Å². The zero-order valence-electron chi connectivity index (χ0n) is 8.10. The van der Waals surface area contributed by atoms with Crippen molar-refractivity contribution in [2.45, 2.75) is 12.9 Å². The van der Waals surface area contributed by atoms with Crippen molar-refractivity contribution >= 4 is 6.92 Å². The molecule has 1 aliphatic rings. The predicted molar refractivity (Wildman–Crippen MR) is 60.1 cm³/mol. The molecule has 0 unspecified atom stereocenters. The second kappa shape index (κ2) is 4.82. The second-order valence-electron chi connectivity index (χ2n) is 3.38. The molecular formula is C12H13BO. The number of rotatable bonds is 3. The summed E-state index contributed by atoms with van der Waals surface area (Å²) in [6.45, 7) is 0.948. The van der Waals surface area contributed by atoms with Crippen molar-refractivity contribution in [2.75, 3.05) is 0 Å². The molecule has 0 fully saturated rings. The Hall–Kier alpha value is -1.28. The Kier molecular flexibility index (Phi) is 3.20. The van der Waals surface area contributed by atoms with Crippen molar-refractivity contribution < 1.29 is 4.65 Å². The van der Waals surface area contributed by atoms with Gasteiger partial charge in [-0.15, -0.1) is 0 Å². The van der Waals surface area contributed by atoms with Gasteiger partial charge in [-0.1, -0.05) is 54.5 Å². The lowest BCUT2D eigenvalue weighted by molar-refractivity contribution is 0.315. The second-order valence-corrected chi connectivity index (χ2v) is 3.38. The quantitative estimate of drug-likeness (QED) is 0.656. The molecule has 0 N–H and O–H groups in total. The van der Waals surface area contributed by atoms with Crippen molar-refractivity contribution in [2.24, 2.45) is 0 Å². The Morgan fingerprint density at radius 2 is 2.00 bits per heavy atom. The highest BCUT2D eigenvalue weighted by atomic mass is 16.4. The molecule has 14 heavy (non-hydrogen) atoms. The molecule has 0 bridgehead atoms. The van der Waals surface area contributed by atoms with Gasteiger partial charge in [0.2, 0.25) is 0 Å². The molecule has 0 aromatic heterocycles. The molecule has 0 spiro atoms. The number of hydrogen-bond donors (Lipinski definition) is 0. The molecule has 1 nitrogen and oxygen atoms in total. The van der Waals surface area contributed by atoms with Crippen LogP contribution in [0, 0.1) is 0 Å². The van der Waals surface area contributed by atoms with Crippen LogP contribution in [0.5, 0.6) is 0 Å². The van der Waals surface area contributed by atoms with Gasteiger partial charge in [-0.3, -0.25) is 0 Å². The van der Waals surface area contributed by atoms with Crippen LogP contribution in [-0.2, 0) is 11.3 Å². The van der Waals surface area contributed by atoms with E-state index in [1.54, 1.807) is 0 Å². The summed E-state index contributed by atoms with van der Waals surface area (Å²) >= 11 is 0. The maximum atomic E-state index is 5.73. The standard InChI is InChI=1S/C12H13BO/c1-3-7-12(8-4-1)11-14-13-9-5-2-6-10-13/h1-9H,10-11H2. The van der Waals surface area contributed by atoms with Crippen LogP contribution in [0.3, 0.4) is 0 Å². The lowest BCUT2D eigenvalue weighted by atomic mass is 9.62. The minimum atomic E-state index is 0.250. The van der Waals surface area contributed by atoms with Crippen LogP contribution in [0.2, 0.25) is 6.32 Å². The maximum Gasteiger partial charge on any atom is 0.323 e.